The molecular formula is C10H17NS. The zero-order chi connectivity index (χ0) is 9.19. The van der Waals surface area contributed by atoms with E-state index in [1.807, 2.05) is 11.8 Å². The fourth-order valence-corrected chi connectivity index (χ4v) is 3.13. The van der Waals surface area contributed by atoms with Crippen molar-refractivity contribution in [3.8, 4) is 6.07 Å². The predicted octanol–water partition coefficient (Wildman–Crippen LogP) is 3.21. The average Bonchev–Trinajstić information content (AvgIpc) is 2.79. The molecule has 1 fully saturated rings. The molecule has 0 N–H and O–H groups in total. The van der Waals surface area contributed by atoms with E-state index in [1.165, 1.54) is 6.42 Å². The highest BCUT2D eigenvalue weighted by molar-refractivity contribution is 8.01. The lowest BCUT2D eigenvalue weighted by Gasteiger charge is -2.12. The maximum atomic E-state index is 9.03. The van der Waals surface area contributed by atoms with E-state index in [2.05, 4.69) is 26.8 Å². The van der Waals surface area contributed by atoms with E-state index in [1.54, 1.807) is 0 Å². The van der Waals surface area contributed by atoms with Gasteiger partial charge >= 0.3 is 0 Å². The van der Waals surface area contributed by atoms with Gasteiger partial charge in [0.05, 0.1) is 6.07 Å². The summed E-state index contributed by atoms with van der Waals surface area (Å²) < 4.78 is 0.00414. The Labute approximate surface area is 79.5 Å². The molecule has 3 atom stereocenters. The summed E-state index contributed by atoms with van der Waals surface area (Å²) >= 11 is 1.88. The lowest BCUT2D eigenvalue weighted by atomic mass is 10.3. The second-order valence-electron chi connectivity index (χ2n) is 3.65. The summed E-state index contributed by atoms with van der Waals surface area (Å²) in [7, 11) is 0. The third-order valence-corrected chi connectivity index (χ3v) is 4.47. The number of nitriles is 1. The molecule has 12 heavy (non-hydrogen) atoms. The van der Waals surface area contributed by atoms with Crippen LogP contribution in [0.1, 0.15) is 40.0 Å². The molecule has 0 bridgehead atoms. The molecule has 0 saturated heterocycles. The third-order valence-electron chi connectivity index (χ3n) is 2.72. The lowest BCUT2D eigenvalue weighted by molar-refractivity contribution is 0.772. The SMILES string of the molecule is CCC(C)SC1(C#N)CC1CC. The van der Waals surface area contributed by atoms with Crippen molar-refractivity contribution in [2.45, 2.75) is 50.0 Å². The number of nitrogens with zero attached hydrogens (tertiary/aromatic N) is 1. The molecule has 1 saturated carbocycles. The zero-order valence-electron chi connectivity index (χ0n) is 8.13. The van der Waals surface area contributed by atoms with Gasteiger partial charge in [0.1, 0.15) is 4.75 Å². The molecule has 1 aliphatic rings. The Morgan fingerprint density at radius 3 is 2.67 bits per heavy atom. The van der Waals surface area contributed by atoms with E-state index < -0.39 is 0 Å². The predicted molar refractivity (Wildman–Crippen MR) is 54.1 cm³/mol. The molecule has 0 aromatic heterocycles. The summed E-state index contributed by atoms with van der Waals surface area (Å²) in [6.07, 6.45) is 3.45. The summed E-state index contributed by atoms with van der Waals surface area (Å²) in [6, 6.07) is 2.48. The van der Waals surface area contributed by atoms with Crippen molar-refractivity contribution in [3.63, 3.8) is 0 Å². The van der Waals surface area contributed by atoms with Crippen LogP contribution in [0.4, 0.5) is 0 Å². The maximum Gasteiger partial charge on any atom is 0.106 e. The van der Waals surface area contributed by atoms with Gasteiger partial charge < -0.3 is 0 Å². The van der Waals surface area contributed by atoms with Crippen molar-refractivity contribution in [1.29, 1.82) is 5.26 Å². The van der Waals surface area contributed by atoms with Gasteiger partial charge in [-0.15, -0.1) is 11.8 Å². The fraction of sp³-hybridized carbons (Fsp3) is 0.900. The molecule has 1 rings (SSSR count). The van der Waals surface area contributed by atoms with Crippen molar-refractivity contribution in [2.24, 2.45) is 5.92 Å². The number of thioether (sulfide) groups is 1. The van der Waals surface area contributed by atoms with Crippen molar-refractivity contribution in [1.82, 2.24) is 0 Å². The molecule has 1 nitrogen and oxygen atoms in total. The van der Waals surface area contributed by atoms with Crippen LogP contribution < -0.4 is 0 Å². The third kappa shape index (κ3) is 1.77. The van der Waals surface area contributed by atoms with Gasteiger partial charge in [-0.3, -0.25) is 0 Å². The Hall–Kier alpha value is -0.160. The topological polar surface area (TPSA) is 23.8 Å². The van der Waals surface area contributed by atoms with E-state index in [0.29, 0.717) is 11.2 Å². The minimum absolute atomic E-state index is 0.00414. The van der Waals surface area contributed by atoms with Gasteiger partial charge in [0.2, 0.25) is 0 Å². The molecule has 3 unspecified atom stereocenters. The van der Waals surface area contributed by atoms with Crippen LogP contribution in [0.3, 0.4) is 0 Å². The largest absolute Gasteiger partial charge is 0.197 e. The van der Waals surface area contributed by atoms with Crippen molar-refractivity contribution in [2.75, 3.05) is 0 Å². The molecule has 0 aliphatic heterocycles. The second-order valence-corrected chi connectivity index (χ2v) is 5.42. The van der Waals surface area contributed by atoms with Gasteiger partial charge in [-0.2, -0.15) is 5.26 Å². The van der Waals surface area contributed by atoms with Gasteiger partial charge in [0.15, 0.2) is 0 Å². The average molecular weight is 183 g/mol. The molecular weight excluding hydrogens is 166 g/mol. The first-order valence-electron chi connectivity index (χ1n) is 4.77. The molecule has 0 aromatic rings. The lowest BCUT2D eigenvalue weighted by Crippen LogP contribution is -2.08. The van der Waals surface area contributed by atoms with E-state index in [-0.39, 0.29) is 4.75 Å². The molecule has 0 amide bonds. The molecule has 68 valence electrons. The fourth-order valence-electron chi connectivity index (χ4n) is 1.53. The van der Waals surface area contributed by atoms with Gasteiger partial charge in [-0.25, -0.2) is 0 Å². The first-order valence-corrected chi connectivity index (χ1v) is 5.65. The number of hydrogen-bond donors (Lipinski definition) is 0. The normalized spacial score (nSPS) is 35.7. The van der Waals surface area contributed by atoms with Crippen molar-refractivity contribution in [3.05, 3.63) is 0 Å². The van der Waals surface area contributed by atoms with Gasteiger partial charge in [0.25, 0.3) is 0 Å². The van der Waals surface area contributed by atoms with Gasteiger partial charge in [0, 0.05) is 5.25 Å². The summed E-state index contributed by atoms with van der Waals surface area (Å²) in [5.41, 5.74) is 0. The van der Waals surface area contributed by atoms with Crippen LogP contribution in [0.25, 0.3) is 0 Å². The van der Waals surface area contributed by atoms with Crippen LogP contribution in [0.2, 0.25) is 0 Å². The minimum atomic E-state index is 0.00414. The maximum absolute atomic E-state index is 9.03. The van der Waals surface area contributed by atoms with Crippen LogP contribution in [0.15, 0.2) is 0 Å². The Morgan fingerprint density at radius 1 is 1.67 bits per heavy atom. The van der Waals surface area contributed by atoms with E-state index in [0.717, 1.165) is 12.8 Å². The molecule has 1 aliphatic carbocycles. The first kappa shape index (κ1) is 9.92. The monoisotopic (exact) mass is 183 g/mol. The zero-order valence-corrected chi connectivity index (χ0v) is 8.95. The first-order chi connectivity index (χ1) is 5.68. The molecule has 0 heterocycles. The van der Waals surface area contributed by atoms with Crippen molar-refractivity contribution < 1.29 is 0 Å². The van der Waals surface area contributed by atoms with Crippen LogP contribution in [-0.2, 0) is 0 Å². The Kier molecular flexibility index (Phi) is 3.06. The molecule has 0 spiro atoms. The van der Waals surface area contributed by atoms with E-state index in [4.69, 9.17) is 5.26 Å². The summed E-state index contributed by atoms with van der Waals surface area (Å²) in [5.74, 6) is 0.668. The number of hydrogen-bond acceptors (Lipinski definition) is 2. The summed E-state index contributed by atoms with van der Waals surface area (Å²) in [5, 5.41) is 9.67. The van der Waals surface area contributed by atoms with Crippen LogP contribution in [0.5, 0.6) is 0 Å². The van der Waals surface area contributed by atoms with Crippen LogP contribution in [-0.4, -0.2) is 10.00 Å². The highest BCUT2D eigenvalue weighted by atomic mass is 32.2. The Balaban J connectivity index is 2.45. The Morgan fingerprint density at radius 2 is 2.33 bits per heavy atom. The Bertz CT molecular complexity index is 197. The molecule has 0 aromatic carbocycles. The van der Waals surface area contributed by atoms with Crippen LogP contribution >= 0.6 is 11.8 Å². The second kappa shape index (κ2) is 3.70. The summed E-state index contributed by atoms with van der Waals surface area (Å²) in [4.78, 5) is 0. The van der Waals surface area contributed by atoms with E-state index in [9.17, 15) is 0 Å². The smallest absolute Gasteiger partial charge is 0.106 e. The van der Waals surface area contributed by atoms with E-state index >= 15 is 0 Å². The summed E-state index contributed by atoms with van der Waals surface area (Å²) in [6.45, 7) is 6.59. The molecule has 0 radical (unpaired) electrons. The van der Waals surface area contributed by atoms with Crippen molar-refractivity contribution >= 4 is 11.8 Å². The van der Waals surface area contributed by atoms with Crippen LogP contribution in [0, 0.1) is 17.2 Å². The van der Waals surface area contributed by atoms with Gasteiger partial charge in [-0.05, 0) is 18.8 Å². The quantitative estimate of drug-likeness (QED) is 0.668. The highest BCUT2D eigenvalue weighted by Gasteiger charge is 2.54. The van der Waals surface area contributed by atoms with Gasteiger partial charge in [-0.1, -0.05) is 27.2 Å². The minimum Gasteiger partial charge on any atom is -0.197 e. The highest BCUT2D eigenvalue weighted by Crippen LogP contribution is 2.57. The molecule has 2 heteroatoms. The standard InChI is InChI=1S/C10H17NS/c1-4-8(3)12-10(7-11)6-9(10)5-2/h8-9H,4-6H2,1-3H3. The number of rotatable bonds is 4.